The first-order valence-corrected chi connectivity index (χ1v) is 8.17. The number of hydrogen-bond donors (Lipinski definition) is 1. The minimum absolute atomic E-state index is 0.115. The van der Waals surface area contributed by atoms with Crippen LogP contribution in [0.4, 0.5) is 15.8 Å². The number of hydrogen-bond acceptors (Lipinski definition) is 6. The Labute approximate surface area is 157 Å². The lowest BCUT2D eigenvalue weighted by molar-refractivity contribution is -0.384. The van der Waals surface area contributed by atoms with E-state index in [2.05, 4.69) is 9.98 Å². The molecule has 3 aromatic carbocycles. The van der Waals surface area contributed by atoms with Crippen LogP contribution >= 0.6 is 0 Å². The number of phenolic OH excluding ortho intramolecular Hbond substituents is 1. The lowest BCUT2D eigenvalue weighted by atomic mass is 10.2. The molecule has 4 aromatic rings. The van der Waals surface area contributed by atoms with E-state index in [0.29, 0.717) is 28.2 Å². The minimum Gasteiger partial charge on any atom is -0.507 e. The van der Waals surface area contributed by atoms with E-state index >= 15 is 0 Å². The first-order chi connectivity index (χ1) is 13.5. The van der Waals surface area contributed by atoms with Gasteiger partial charge in [0.25, 0.3) is 5.69 Å². The van der Waals surface area contributed by atoms with Gasteiger partial charge in [0.2, 0.25) is 5.89 Å². The molecule has 0 aliphatic rings. The number of non-ortho nitro benzene ring substituents is 1. The summed E-state index contributed by atoms with van der Waals surface area (Å²) in [7, 11) is 0. The largest absolute Gasteiger partial charge is 0.507 e. The Bertz CT molecular complexity index is 1220. The molecule has 0 aliphatic carbocycles. The molecule has 0 atom stereocenters. The Kier molecular flexibility index (Phi) is 4.29. The summed E-state index contributed by atoms with van der Waals surface area (Å²) in [4.78, 5) is 18.9. The number of nitro benzene ring substituents is 1. The van der Waals surface area contributed by atoms with Gasteiger partial charge < -0.3 is 9.52 Å². The van der Waals surface area contributed by atoms with Crippen molar-refractivity contribution in [3.8, 4) is 17.2 Å². The summed E-state index contributed by atoms with van der Waals surface area (Å²) in [5.41, 5.74) is 2.34. The minimum atomic E-state index is -0.546. The smallest absolute Gasteiger partial charge is 0.270 e. The number of fused-ring (bicyclic) bond motifs is 1. The molecule has 0 saturated carbocycles. The van der Waals surface area contributed by atoms with Gasteiger partial charge in [-0.2, -0.15) is 0 Å². The molecular weight excluding hydrogens is 365 g/mol. The molecule has 0 spiro atoms. The summed E-state index contributed by atoms with van der Waals surface area (Å²) >= 11 is 0. The van der Waals surface area contributed by atoms with Crippen molar-refractivity contribution in [2.45, 2.75) is 0 Å². The van der Waals surface area contributed by atoms with Crippen LogP contribution in [0.25, 0.3) is 22.6 Å². The summed E-state index contributed by atoms with van der Waals surface area (Å²) in [5.74, 6) is -0.108. The Balaban J connectivity index is 1.65. The van der Waals surface area contributed by atoms with Crippen molar-refractivity contribution < 1.29 is 18.8 Å². The first kappa shape index (κ1) is 17.3. The SMILES string of the molecule is O=[N+]([O-])c1ccc(O)c(C=Nc2ccc3oc(-c4ccc(F)cc4)nc3c2)c1. The number of aliphatic imine (C=N–C) groups is 1. The average molecular weight is 377 g/mol. The van der Waals surface area contributed by atoms with E-state index in [-0.39, 0.29) is 22.8 Å². The van der Waals surface area contributed by atoms with Crippen LogP contribution in [-0.2, 0) is 0 Å². The van der Waals surface area contributed by atoms with E-state index in [1.54, 1.807) is 30.3 Å². The molecule has 28 heavy (non-hydrogen) atoms. The fourth-order valence-corrected chi connectivity index (χ4v) is 2.62. The molecule has 1 aromatic heterocycles. The van der Waals surface area contributed by atoms with E-state index in [4.69, 9.17) is 4.42 Å². The van der Waals surface area contributed by atoms with Gasteiger partial charge in [0.15, 0.2) is 5.58 Å². The zero-order valence-corrected chi connectivity index (χ0v) is 14.2. The van der Waals surface area contributed by atoms with Crippen molar-refractivity contribution in [3.05, 3.63) is 82.2 Å². The normalized spacial score (nSPS) is 11.3. The van der Waals surface area contributed by atoms with Crippen molar-refractivity contribution in [3.63, 3.8) is 0 Å². The number of aromatic hydroxyl groups is 1. The highest BCUT2D eigenvalue weighted by Gasteiger charge is 2.10. The summed E-state index contributed by atoms with van der Waals surface area (Å²) in [6.45, 7) is 0. The predicted octanol–water partition coefficient (Wildman–Crippen LogP) is 5.00. The zero-order valence-electron chi connectivity index (χ0n) is 14.2. The Morgan fingerprint density at radius 1 is 1.11 bits per heavy atom. The van der Waals surface area contributed by atoms with Crippen molar-refractivity contribution in [1.82, 2.24) is 4.98 Å². The van der Waals surface area contributed by atoms with Crippen molar-refractivity contribution in [1.29, 1.82) is 0 Å². The van der Waals surface area contributed by atoms with Crippen LogP contribution in [-0.4, -0.2) is 21.2 Å². The van der Waals surface area contributed by atoms with Gasteiger partial charge in [0.05, 0.1) is 10.6 Å². The number of nitrogens with zero attached hydrogens (tertiary/aromatic N) is 3. The summed E-state index contributed by atoms with van der Waals surface area (Å²) in [6.07, 6.45) is 1.34. The van der Waals surface area contributed by atoms with Crippen LogP contribution in [0.3, 0.4) is 0 Å². The van der Waals surface area contributed by atoms with Gasteiger partial charge in [0, 0.05) is 29.5 Å². The molecular formula is C20H12FN3O4. The second-order valence-electron chi connectivity index (χ2n) is 5.94. The van der Waals surface area contributed by atoms with E-state index in [0.717, 1.165) is 0 Å². The van der Waals surface area contributed by atoms with Gasteiger partial charge in [-0.1, -0.05) is 0 Å². The number of benzene rings is 3. The number of oxazole rings is 1. The van der Waals surface area contributed by atoms with E-state index in [1.807, 2.05) is 0 Å². The molecule has 0 radical (unpaired) electrons. The van der Waals surface area contributed by atoms with Crippen LogP contribution in [0.15, 0.2) is 70.1 Å². The van der Waals surface area contributed by atoms with Crippen LogP contribution in [0.5, 0.6) is 5.75 Å². The van der Waals surface area contributed by atoms with E-state index < -0.39 is 4.92 Å². The monoisotopic (exact) mass is 377 g/mol. The number of aromatic nitrogens is 1. The van der Waals surface area contributed by atoms with Crippen LogP contribution < -0.4 is 0 Å². The fraction of sp³-hybridized carbons (Fsp3) is 0. The summed E-state index contributed by atoms with van der Waals surface area (Å²) in [5, 5.41) is 20.7. The standard InChI is InChI=1S/C20H12FN3O4/c21-14-3-1-12(2-4-14)20-23-17-10-15(5-8-19(17)28-20)22-11-13-9-16(24(26)27)6-7-18(13)25/h1-11,25H. The number of halogens is 1. The van der Waals surface area contributed by atoms with Crippen molar-refractivity contribution in [2.75, 3.05) is 0 Å². The molecule has 8 heteroatoms. The number of phenols is 1. The highest BCUT2D eigenvalue weighted by molar-refractivity contribution is 5.87. The maximum Gasteiger partial charge on any atom is 0.270 e. The first-order valence-electron chi connectivity index (χ1n) is 8.17. The van der Waals surface area contributed by atoms with Gasteiger partial charge in [-0.15, -0.1) is 0 Å². The zero-order chi connectivity index (χ0) is 19.7. The van der Waals surface area contributed by atoms with Gasteiger partial charge in [-0.25, -0.2) is 9.37 Å². The second-order valence-corrected chi connectivity index (χ2v) is 5.94. The topological polar surface area (TPSA) is 102 Å². The molecule has 0 bridgehead atoms. The lowest BCUT2D eigenvalue weighted by Crippen LogP contribution is -1.90. The molecule has 0 amide bonds. The lowest BCUT2D eigenvalue weighted by Gasteiger charge is -1.99. The van der Waals surface area contributed by atoms with Crippen molar-refractivity contribution in [2.24, 2.45) is 4.99 Å². The number of nitro groups is 1. The number of rotatable bonds is 4. The Morgan fingerprint density at radius 2 is 1.89 bits per heavy atom. The van der Waals surface area contributed by atoms with Gasteiger partial charge in [0.1, 0.15) is 17.1 Å². The molecule has 0 aliphatic heterocycles. The predicted molar refractivity (Wildman–Crippen MR) is 101 cm³/mol. The maximum absolute atomic E-state index is 13.1. The van der Waals surface area contributed by atoms with Crippen LogP contribution in [0.1, 0.15) is 5.56 Å². The molecule has 7 nitrogen and oxygen atoms in total. The quantitative estimate of drug-likeness (QED) is 0.306. The van der Waals surface area contributed by atoms with Crippen LogP contribution in [0, 0.1) is 15.9 Å². The molecule has 1 N–H and O–H groups in total. The molecule has 0 unspecified atom stereocenters. The fourth-order valence-electron chi connectivity index (χ4n) is 2.62. The molecule has 138 valence electrons. The highest BCUT2D eigenvalue weighted by atomic mass is 19.1. The molecule has 4 rings (SSSR count). The molecule has 0 fully saturated rings. The maximum atomic E-state index is 13.1. The Morgan fingerprint density at radius 3 is 2.64 bits per heavy atom. The van der Waals surface area contributed by atoms with Gasteiger partial charge in [-0.05, 0) is 48.5 Å². The second kappa shape index (κ2) is 6.92. The highest BCUT2D eigenvalue weighted by Crippen LogP contribution is 2.28. The Hall–Kier alpha value is -4.07. The molecule has 0 saturated heterocycles. The third kappa shape index (κ3) is 3.43. The summed E-state index contributed by atoms with van der Waals surface area (Å²) < 4.78 is 18.7. The van der Waals surface area contributed by atoms with E-state index in [9.17, 15) is 19.6 Å². The molecule has 1 heterocycles. The third-order valence-electron chi connectivity index (χ3n) is 4.04. The van der Waals surface area contributed by atoms with E-state index in [1.165, 1.54) is 36.5 Å². The summed E-state index contributed by atoms with van der Waals surface area (Å²) in [6, 6.07) is 14.5. The van der Waals surface area contributed by atoms with Gasteiger partial charge in [-0.3, -0.25) is 15.1 Å². The van der Waals surface area contributed by atoms with Gasteiger partial charge >= 0.3 is 0 Å². The van der Waals surface area contributed by atoms with Crippen molar-refractivity contribution >= 4 is 28.7 Å². The van der Waals surface area contributed by atoms with Crippen LogP contribution in [0.2, 0.25) is 0 Å². The average Bonchev–Trinajstić information content (AvgIpc) is 3.11. The third-order valence-corrected chi connectivity index (χ3v) is 4.04.